The third kappa shape index (κ3) is 19.8. The number of carboxylic acids is 2. The van der Waals surface area contributed by atoms with Gasteiger partial charge in [0.25, 0.3) is 0 Å². The Hall–Kier alpha value is -1.14. The van der Waals surface area contributed by atoms with E-state index < -0.39 is 11.9 Å². The predicted molar refractivity (Wildman–Crippen MR) is 22.6 cm³/mol. The Kier molecular flexibility index (Phi) is 8.21. The molecule has 6 nitrogen and oxygen atoms in total. The number of carbonyl (C=O) groups is 2. The maximum absolute atomic E-state index is 9.04. The molecule has 0 aromatic heterocycles. The quantitative estimate of drug-likeness (QED) is 0.232. The fraction of sp³-hybridized carbons (Fsp3) is 0.333. The minimum Gasteiger partial charge on any atom is -0.539 e. The van der Waals surface area contributed by atoms with Crippen molar-refractivity contribution >= 4 is 11.9 Å². The van der Waals surface area contributed by atoms with E-state index in [0.29, 0.717) is 0 Å². The summed E-state index contributed by atoms with van der Waals surface area (Å²) in [6, 6.07) is 0. The van der Waals surface area contributed by atoms with Crippen LogP contribution in [0.1, 0.15) is 0 Å². The topological polar surface area (TPSA) is 125 Å². The highest BCUT2D eigenvalue weighted by molar-refractivity contribution is 6.26. The molecule has 0 rings (SSSR count). The molecule has 9 heavy (non-hydrogen) atoms. The number of aliphatic carboxylic acids is 2. The third-order valence-electron chi connectivity index (χ3n) is 0.175. The van der Waals surface area contributed by atoms with Crippen molar-refractivity contribution in [1.29, 1.82) is 0 Å². The van der Waals surface area contributed by atoms with E-state index in [1.165, 1.54) is 0 Å². The lowest BCUT2D eigenvalue weighted by Gasteiger charge is -1.85. The van der Waals surface area contributed by atoms with Crippen LogP contribution >= 0.6 is 0 Å². The van der Waals surface area contributed by atoms with Crippen LogP contribution in [-0.2, 0) is 9.59 Å². The first-order valence-corrected chi connectivity index (χ1v) is 1.90. The van der Waals surface area contributed by atoms with Crippen molar-refractivity contribution in [3.8, 4) is 0 Å². The van der Waals surface area contributed by atoms with Gasteiger partial charge in [0.15, 0.2) is 12.7 Å². The highest BCUT2D eigenvalue weighted by Gasteiger charge is 1.90. The first-order valence-electron chi connectivity index (χ1n) is 1.90. The summed E-state index contributed by atoms with van der Waals surface area (Å²) in [4.78, 5) is 18.0. The van der Waals surface area contributed by atoms with Gasteiger partial charge in [-0.25, -0.2) is 4.79 Å². The zero-order valence-corrected chi connectivity index (χ0v) is 4.53. The number of carbonyl (C=O) groups excluding carboxylic acids is 1. The van der Waals surface area contributed by atoms with E-state index >= 15 is 0 Å². The summed E-state index contributed by atoms with van der Waals surface area (Å²) >= 11 is 0. The molecule has 0 saturated heterocycles. The van der Waals surface area contributed by atoms with Crippen molar-refractivity contribution in [2.45, 2.75) is 0 Å². The van der Waals surface area contributed by atoms with Gasteiger partial charge in [-0.2, -0.15) is 0 Å². The predicted octanol–water partition coefficient (Wildman–Crippen LogP) is -4.00. The van der Waals surface area contributed by atoms with Crippen LogP contribution in [-0.4, -0.2) is 28.9 Å². The van der Waals surface area contributed by atoms with E-state index in [0.717, 1.165) is 0 Å². The molecular formula is C3H7NO5. The Morgan fingerprint density at radius 1 is 1.56 bits per heavy atom. The van der Waals surface area contributed by atoms with Gasteiger partial charge in [0, 0.05) is 0 Å². The Labute approximate surface area is 50.5 Å². The van der Waals surface area contributed by atoms with Crippen molar-refractivity contribution in [1.82, 2.24) is 0 Å². The van der Waals surface area contributed by atoms with Crippen LogP contribution in [0.4, 0.5) is 0 Å². The summed E-state index contributed by atoms with van der Waals surface area (Å²) in [6.07, 6.45) is 0. The van der Waals surface area contributed by atoms with E-state index in [1.807, 2.05) is 0 Å². The largest absolute Gasteiger partial charge is 0.539 e. The summed E-state index contributed by atoms with van der Waals surface area (Å²) < 4.78 is 0. The average Bonchev–Trinajstić information content (AvgIpc) is 1.68. The summed E-state index contributed by atoms with van der Waals surface area (Å²) in [7, 11) is 0. The summed E-state index contributed by atoms with van der Waals surface area (Å²) in [5.41, 5.74) is 3.04. The van der Waals surface area contributed by atoms with Crippen LogP contribution in [0.3, 0.4) is 0 Å². The second-order valence-corrected chi connectivity index (χ2v) is 0.816. The monoisotopic (exact) mass is 137 g/mol. The molecule has 6 heteroatoms. The Morgan fingerprint density at radius 3 is 1.67 bits per heavy atom. The summed E-state index contributed by atoms with van der Waals surface area (Å²) in [5, 5.41) is 23.8. The van der Waals surface area contributed by atoms with Crippen molar-refractivity contribution in [3.05, 3.63) is 0 Å². The highest BCUT2D eigenvalue weighted by atomic mass is 16.4. The van der Waals surface area contributed by atoms with E-state index in [4.69, 9.17) is 24.9 Å². The minimum absolute atomic E-state index is 0. The molecule has 0 aliphatic rings. The molecule has 0 saturated carbocycles. The van der Waals surface area contributed by atoms with Gasteiger partial charge >= 0.3 is 5.97 Å². The molecule has 0 radical (unpaired) electrons. The lowest BCUT2D eigenvalue weighted by Crippen LogP contribution is -2.49. The molecule has 0 aromatic rings. The molecule has 0 heterocycles. The highest BCUT2D eigenvalue weighted by Crippen LogP contribution is 1.49. The van der Waals surface area contributed by atoms with Crippen LogP contribution in [0.15, 0.2) is 0 Å². The lowest BCUT2D eigenvalue weighted by atomic mass is 10.7. The van der Waals surface area contributed by atoms with Gasteiger partial charge in [0.2, 0.25) is 0 Å². The number of quaternary nitrogens is 1. The van der Waals surface area contributed by atoms with Gasteiger partial charge in [0.1, 0.15) is 0 Å². The average molecular weight is 137 g/mol. The maximum atomic E-state index is 9.04. The minimum atomic E-state index is -2.07. The van der Waals surface area contributed by atoms with Crippen LogP contribution < -0.4 is 10.8 Å². The Balaban J connectivity index is 0. The maximum Gasteiger partial charge on any atom is 0.351 e. The van der Waals surface area contributed by atoms with Gasteiger partial charge < -0.3 is 25.8 Å². The van der Waals surface area contributed by atoms with Gasteiger partial charge in [-0.3, -0.25) is 0 Å². The Morgan fingerprint density at radius 2 is 1.67 bits per heavy atom. The number of aliphatic hydroxyl groups is 1. The summed E-state index contributed by atoms with van der Waals surface area (Å²) in [6.45, 7) is 0. The molecule has 5 N–H and O–H groups in total. The molecule has 0 aromatic carbocycles. The van der Waals surface area contributed by atoms with E-state index in [2.05, 4.69) is 5.73 Å². The normalized spacial score (nSPS) is 6.89. The number of hydrogen-bond acceptors (Lipinski definition) is 4. The van der Waals surface area contributed by atoms with E-state index in [-0.39, 0.29) is 6.73 Å². The van der Waals surface area contributed by atoms with Crippen LogP contribution in [0, 0.1) is 0 Å². The first kappa shape index (κ1) is 10.8. The number of aliphatic hydroxyl groups excluding tert-OH is 1. The van der Waals surface area contributed by atoms with Crippen LogP contribution in [0.2, 0.25) is 0 Å². The molecule has 0 aliphatic carbocycles. The Bertz CT molecular complexity index is 88.4. The van der Waals surface area contributed by atoms with Gasteiger partial charge in [-0.15, -0.1) is 0 Å². The van der Waals surface area contributed by atoms with Crippen LogP contribution in [0.5, 0.6) is 0 Å². The first-order chi connectivity index (χ1) is 4.06. The molecule has 0 atom stereocenters. The van der Waals surface area contributed by atoms with Crippen molar-refractivity contribution in [3.63, 3.8) is 0 Å². The third-order valence-corrected chi connectivity index (χ3v) is 0.175. The van der Waals surface area contributed by atoms with Crippen LogP contribution in [0.25, 0.3) is 0 Å². The molecular weight excluding hydrogens is 130 g/mol. The second-order valence-electron chi connectivity index (χ2n) is 0.816. The van der Waals surface area contributed by atoms with Gasteiger partial charge in [0.05, 0.1) is 0 Å². The molecule has 0 unspecified atom stereocenters. The molecule has 0 fully saturated rings. The van der Waals surface area contributed by atoms with Gasteiger partial charge in [-0.1, -0.05) is 0 Å². The molecule has 0 amide bonds. The summed E-state index contributed by atoms with van der Waals surface area (Å²) in [5.74, 6) is -4.01. The van der Waals surface area contributed by atoms with E-state index in [9.17, 15) is 0 Å². The molecule has 54 valence electrons. The molecule has 0 aliphatic heterocycles. The van der Waals surface area contributed by atoms with Gasteiger partial charge in [-0.05, 0) is 0 Å². The van der Waals surface area contributed by atoms with Crippen molar-refractivity contribution < 1.29 is 30.6 Å². The zero-order chi connectivity index (χ0) is 7.86. The zero-order valence-electron chi connectivity index (χ0n) is 4.53. The fourth-order valence-corrected chi connectivity index (χ4v) is 0. The van der Waals surface area contributed by atoms with E-state index in [1.54, 1.807) is 0 Å². The lowest BCUT2D eigenvalue weighted by molar-refractivity contribution is -0.421. The molecule has 0 bridgehead atoms. The SMILES string of the molecule is O=C([O-])C(=O)O.[NH3+]CO. The van der Waals surface area contributed by atoms with Crippen molar-refractivity contribution in [2.24, 2.45) is 0 Å². The number of carboxylic acid groups (broad SMARTS) is 2. The smallest absolute Gasteiger partial charge is 0.351 e. The second kappa shape index (κ2) is 6.86. The standard InChI is InChI=1S/C2H2O4.CH5NO/c3-1(4)2(5)6;2-1-3/h(H,3,4)(H,5,6);3H,1-2H2. The fourth-order valence-electron chi connectivity index (χ4n) is 0. The number of hydrogen-bond donors (Lipinski definition) is 3. The number of rotatable bonds is 0. The van der Waals surface area contributed by atoms with Crippen molar-refractivity contribution in [2.75, 3.05) is 6.73 Å². The molecule has 0 spiro atoms.